The molecular weight excluding hydrogens is 406 g/mol. The number of carbonyl (C=O) groups is 2. The molecule has 3 aromatic rings. The van der Waals surface area contributed by atoms with E-state index in [2.05, 4.69) is 5.32 Å². The lowest BCUT2D eigenvalue weighted by molar-refractivity contribution is 0.102. The van der Waals surface area contributed by atoms with Crippen LogP contribution in [-0.2, 0) is 0 Å². The fraction of sp³-hybridized carbons (Fsp3) is 0.130. The number of ketones is 1. The summed E-state index contributed by atoms with van der Waals surface area (Å²) in [6.07, 6.45) is 0. The van der Waals surface area contributed by atoms with Crippen LogP contribution in [0.25, 0.3) is 0 Å². The Morgan fingerprint density at radius 1 is 0.933 bits per heavy atom. The van der Waals surface area contributed by atoms with Gasteiger partial charge in [0, 0.05) is 11.6 Å². The molecule has 0 spiro atoms. The van der Waals surface area contributed by atoms with Crippen LogP contribution in [0.1, 0.15) is 26.3 Å². The first-order chi connectivity index (χ1) is 14.6. The average Bonchev–Trinajstić information content (AvgIpc) is 2.78. The second kappa shape index (κ2) is 8.47. The average molecular weight is 424 g/mol. The predicted molar refractivity (Wildman–Crippen MR) is 113 cm³/mol. The molecule has 0 fully saturated rings. The van der Waals surface area contributed by atoms with Gasteiger partial charge in [-0.2, -0.15) is 0 Å². The molecule has 7 heteroatoms. The molecule has 1 N–H and O–H groups in total. The molecule has 0 atom stereocenters. The van der Waals surface area contributed by atoms with E-state index in [4.69, 9.17) is 25.8 Å². The smallest absolute Gasteiger partial charge is 0.257 e. The first-order valence-electron chi connectivity index (χ1n) is 9.25. The summed E-state index contributed by atoms with van der Waals surface area (Å²) < 4.78 is 16.4. The highest BCUT2D eigenvalue weighted by Crippen LogP contribution is 2.37. The van der Waals surface area contributed by atoms with Crippen LogP contribution in [0.5, 0.6) is 17.2 Å². The van der Waals surface area contributed by atoms with Gasteiger partial charge in [0.2, 0.25) is 0 Å². The summed E-state index contributed by atoms with van der Waals surface area (Å²) in [5.41, 5.74) is 1.34. The second-order valence-electron chi connectivity index (χ2n) is 6.53. The molecule has 0 saturated heterocycles. The van der Waals surface area contributed by atoms with E-state index in [-0.39, 0.29) is 11.3 Å². The van der Waals surface area contributed by atoms with Crippen molar-refractivity contribution in [3.63, 3.8) is 0 Å². The molecule has 3 aromatic carbocycles. The number of ether oxygens (including phenoxy) is 3. The third-order valence-corrected chi connectivity index (χ3v) is 4.98. The maximum absolute atomic E-state index is 13.2. The Bertz CT molecular complexity index is 1110. The topological polar surface area (TPSA) is 73.9 Å². The van der Waals surface area contributed by atoms with Crippen LogP contribution in [0.2, 0.25) is 5.02 Å². The number of fused-ring (bicyclic) bond motifs is 1. The van der Waals surface area contributed by atoms with Crippen molar-refractivity contribution in [2.75, 3.05) is 25.6 Å². The summed E-state index contributed by atoms with van der Waals surface area (Å²) in [5, 5.41) is 3.10. The Morgan fingerprint density at radius 3 is 2.27 bits per heavy atom. The number of nitrogens with one attached hydrogen (secondary N) is 1. The number of anilines is 1. The van der Waals surface area contributed by atoms with Crippen molar-refractivity contribution in [2.45, 2.75) is 0 Å². The van der Waals surface area contributed by atoms with Crippen molar-refractivity contribution in [3.8, 4) is 17.2 Å². The van der Waals surface area contributed by atoms with E-state index in [1.165, 1.54) is 0 Å². The van der Waals surface area contributed by atoms with Crippen LogP contribution in [-0.4, -0.2) is 32.0 Å². The summed E-state index contributed by atoms with van der Waals surface area (Å²) in [6.45, 7) is 0.769. The molecule has 0 radical (unpaired) electrons. The van der Waals surface area contributed by atoms with E-state index < -0.39 is 5.91 Å². The minimum atomic E-state index is -0.430. The van der Waals surface area contributed by atoms with Gasteiger partial charge in [-0.05, 0) is 42.5 Å². The third kappa shape index (κ3) is 3.95. The van der Waals surface area contributed by atoms with Crippen molar-refractivity contribution in [1.82, 2.24) is 0 Å². The SMILES string of the molecule is COc1ccc(C(=O)c2cc3c(cc2NC(=O)c2ccccc2Cl)OCCO3)cc1. The molecule has 152 valence electrons. The number of amides is 1. The van der Waals surface area contributed by atoms with Crippen molar-refractivity contribution in [1.29, 1.82) is 0 Å². The monoisotopic (exact) mass is 423 g/mol. The third-order valence-electron chi connectivity index (χ3n) is 4.65. The number of rotatable bonds is 5. The molecule has 4 rings (SSSR count). The summed E-state index contributed by atoms with van der Waals surface area (Å²) in [4.78, 5) is 26.0. The maximum Gasteiger partial charge on any atom is 0.257 e. The Kier molecular flexibility index (Phi) is 5.59. The Hall–Kier alpha value is -3.51. The van der Waals surface area contributed by atoms with Crippen LogP contribution in [0.4, 0.5) is 5.69 Å². The quantitative estimate of drug-likeness (QED) is 0.607. The summed E-state index contributed by atoms with van der Waals surface area (Å²) in [7, 11) is 1.56. The first kappa shape index (κ1) is 19.8. The van der Waals surface area contributed by atoms with Crippen LogP contribution >= 0.6 is 11.6 Å². The van der Waals surface area contributed by atoms with Gasteiger partial charge in [-0.25, -0.2) is 0 Å². The van der Waals surface area contributed by atoms with Gasteiger partial charge < -0.3 is 19.5 Å². The predicted octanol–water partition coefficient (Wildman–Crippen LogP) is 4.60. The van der Waals surface area contributed by atoms with Gasteiger partial charge in [-0.1, -0.05) is 23.7 Å². The van der Waals surface area contributed by atoms with Crippen LogP contribution in [0, 0.1) is 0 Å². The molecular formula is C23H18ClNO5. The second-order valence-corrected chi connectivity index (χ2v) is 6.94. The Balaban J connectivity index is 1.73. The highest BCUT2D eigenvalue weighted by Gasteiger charge is 2.23. The standard InChI is InChI=1S/C23H18ClNO5/c1-28-15-8-6-14(7-9-15)22(26)17-12-20-21(30-11-10-29-20)13-19(17)25-23(27)16-4-2-3-5-18(16)24/h2-9,12-13H,10-11H2,1H3,(H,25,27). The van der Waals surface area contributed by atoms with E-state index in [1.54, 1.807) is 67.8 Å². The molecule has 0 saturated carbocycles. The van der Waals surface area contributed by atoms with E-state index in [0.29, 0.717) is 52.3 Å². The lowest BCUT2D eigenvalue weighted by Crippen LogP contribution is -2.19. The van der Waals surface area contributed by atoms with Crippen molar-refractivity contribution in [3.05, 3.63) is 82.4 Å². The zero-order valence-electron chi connectivity index (χ0n) is 16.1. The van der Waals surface area contributed by atoms with Gasteiger partial charge in [0.25, 0.3) is 5.91 Å². The largest absolute Gasteiger partial charge is 0.497 e. The van der Waals surface area contributed by atoms with E-state index in [1.807, 2.05) is 0 Å². The molecule has 0 unspecified atom stereocenters. The fourth-order valence-corrected chi connectivity index (χ4v) is 3.33. The normalized spacial score (nSPS) is 12.2. The summed E-state index contributed by atoms with van der Waals surface area (Å²) in [5.74, 6) is 0.849. The van der Waals surface area contributed by atoms with Crippen LogP contribution in [0.3, 0.4) is 0 Å². The summed E-state index contributed by atoms with van der Waals surface area (Å²) >= 11 is 6.14. The fourth-order valence-electron chi connectivity index (χ4n) is 3.11. The highest BCUT2D eigenvalue weighted by molar-refractivity contribution is 6.34. The van der Waals surface area contributed by atoms with Gasteiger partial charge in [0.05, 0.1) is 28.9 Å². The number of hydrogen-bond donors (Lipinski definition) is 1. The number of benzene rings is 3. The maximum atomic E-state index is 13.2. The first-order valence-corrected chi connectivity index (χ1v) is 9.63. The Morgan fingerprint density at radius 2 is 1.60 bits per heavy atom. The van der Waals surface area contributed by atoms with Crippen LogP contribution < -0.4 is 19.5 Å². The van der Waals surface area contributed by atoms with Gasteiger partial charge >= 0.3 is 0 Å². The number of hydrogen-bond acceptors (Lipinski definition) is 5. The molecule has 0 aromatic heterocycles. The summed E-state index contributed by atoms with van der Waals surface area (Å²) in [6, 6.07) is 16.6. The molecule has 6 nitrogen and oxygen atoms in total. The molecule has 1 heterocycles. The number of carbonyl (C=O) groups excluding carboxylic acids is 2. The zero-order valence-corrected chi connectivity index (χ0v) is 16.9. The molecule has 1 aliphatic heterocycles. The van der Waals surface area contributed by atoms with E-state index >= 15 is 0 Å². The van der Waals surface area contributed by atoms with Gasteiger partial charge in [0.1, 0.15) is 19.0 Å². The molecule has 30 heavy (non-hydrogen) atoms. The van der Waals surface area contributed by atoms with Crippen molar-refractivity contribution < 1.29 is 23.8 Å². The van der Waals surface area contributed by atoms with Gasteiger partial charge in [0.15, 0.2) is 17.3 Å². The zero-order chi connectivity index (χ0) is 21.1. The molecule has 0 bridgehead atoms. The lowest BCUT2D eigenvalue weighted by atomic mass is 10.00. The number of methoxy groups -OCH3 is 1. The van der Waals surface area contributed by atoms with Crippen molar-refractivity contribution >= 4 is 29.0 Å². The van der Waals surface area contributed by atoms with Gasteiger partial charge in [-0.15, -0.1) is 0 Å². The molecule has 0 aliphatic carbocycles. The highest BCUT2D eigenvalue weighted by atomic mass is 35.5. The Labute approximate surface area is 178 Å². The van der Waals surface area contributed by atoms with E-state index in [0.717, 1.165) is 0 Å². The minimum absolute atomic E-state index is 0.274. The van der Waals surface area contributed by atoms with Gasteiger partial charge in [-0.3, -0.25) is 9.59 Å². The lowest BCUT2D eigenvalue weighted by Gasteiger charge is -2.21. The number of halogens is 1. The molecule has 1 amide bonds. The molecule has 1 aliphatic rings. The van der Waals surface area contributed by atoms with E-state index in [9.17, 15) is 9.59 Å². The minimum Gasteiger partial charge on any atom is -0.497 e. The van der Waals surface area contributed by atoms with Crippen molar-refractivity contribution in [2.24, 2.45) is 0 Å². The van der Waals surface area contributed by atoms with Crippen LogP contribution in [0.15, 0.2) is 60.7 Å².